The lowest BCUT2D eigenvalue weighted by Gasteiger charge is -2.16. The van der Waals surface area contributed by atoms with Crippen molar-refractivity contribution >= 4 is 20.2 Å². The topological polar surface area (TPSA) is 109 Å². The average Bonchev–Trinajstić information content (AvgIpc) is 1.83. The van der Waals surface area contributed by atoms with Crippen molar-refractivity contribution in [2.45, 2.75) is 30.8 Å². The van der Waals surface area contributed by atoms with Crippen LogP contribution in [0.1, 0.15) is 20.3 Å². The van der Waals surface area contributed by atoms with E-state index in [1.54, 1.807) is 0 Å². The summed E-state index contributed by atoms with van der Waals surface area (Å²) in [5.41, 5.74) is 0. The molecule has 0 aliphatic carbocycles. The second kappa shape index (κ2) is 3.91. The maximum absolute atomic E-state index is 10.6. The summed E-state index contributed by atoms with van der Waals surface area (Å²) in [6.07, 6.45) is -0.0835. The van der Waals surface area contributed by atoms with E-state index in [0.29, 0.717) is 0 Å². The monoisotopic (exact) mass is 232 g/mol. The Kier molecular flexibility index (Phi) is 3.85. The zero-order valence-electron chi connectivity index (χ0n) is 7.21. The van der Waals surface area contributed by atoms with Crippen LogP contribution in [0.4, 0.5) is 0 Å². The van der Waals surface area contributed by atoms with Crippen molar-refractivity contribution in [1.29, 1.82) is 0 Å². The van der Waals surface area contributed by atoms with Gasteiger partial charge in [0.1, 0.15) is 10.5 Å². The molecule has 0 rings (SSSR count). The predicted molar refractivity (Wildman–Crippen MR) is 46.6 cm³/mol. The van der Waals surface area contributed by atoms with Crippen molar-refractivity contribution in [3.63, 3.8) is 0 Å². The van der Waals surface area contributed by atoms with Gasteiger partial charge in [-0.05, 0) is 13.3 Å². The molecule has 2 N–H and O–H groups in total. The molecule has 0 aliphatic rings. The number of hydrogen-bond acceptors (Lipinski definition) is 4. The van der Waals surface area contributed by atoms with Crippen molar-refractivity contribution in [2.75, 3.05) is 0 Å². The van der Waals surface area contributed by atoms with Gasteiger partial charge in [-0.1, -0.05) is 6.92 Å². The smallest absolute Gasteiger partial charge is 0.269 e. The van der Waals surface area contributed by atoms with Gasteiger partial charge in [0.2, 0.25) is 0 Å². The Labute approximate surface area is 77.5 Å². The highest BCUT2D eigenvalue weighted by Crippen LogP contribution is 2.15. The molecule has 0 amide bonds. The lowest BCUT2D eigenvalue weighted by atomic mass is 10.3. The molecule has 6 nitrogen and oxygen atoms in total. The third-order valence-electron chi connectivity index (χ3n) is 1.78. The first kappa shape index (κ1) is 12.8. The highest BCUT2D eigenvalue weighted by Gasteiger charge is 2.35. The van der Waals surface area contributed by atoms with Crippen LogP contribution in [0.3, 0.4) is 0 Å². The lowest BCUT2D eigenvalue weighted by molar-refractivity contribution is 0.439. The van der Waals surface area contributed by atoms with Gasteiger partial charge < -0.3 is 0 Å². The van der Waals surface area contributed by atoms with Crippen molar-refractivity contribution in [3.8, 4) is 0 Å². The van der Waals surface area contributed by atoms with E-state index in [-0.39, 0.29) is 6.42 Å². The highest BCUT2D eigenvalue weighted by molar-refractivity contribution is 7.90. The summed E-state index contributed by atoms with van der Waals surface area (Å²) in [7, 11) is -8.87. The van der Waals surface area contributed by atoms with Gasteiger partial charge in [0.15, 0.2) is 0 Å². The van der Waals surface area contributed by atoms with Crippen molar-refractivity contribution in [3.05, 3.63) is 0 Å². The van der Waals surface area contributed by atoms with Crippen molar-refractivity contribution in [1.82, 2.24) is 0 Å². The number of hydrogen-bond donors (Lipinski definition) is 2. The van der Waals surface area contributed by atoms with E-state index in [1.165, 1.54) is 6.92 Å². The molecule has 0 saturated carbocycles. The van der Waals surface area contributed by atoms with Crippen LogP contribution in [0, 0.1) is 0 Å². The minimum absolute atomic E-state index is 0.0835. The fourth-order valence-corrected chi connectivity index (χ4v) is 3.30. The Morgan fingerprint density at radius 1 is 1.08 bits per heavy atom. The Morgan fingerprint density at radius 2 is 1.46 bits per heavy atom. The van der Waals surface area contributed by atoms with E-state index in [2.05, 4.69) is 0 Å². The Morgan fingerprint density at radius 3 is 1.54 bits per heavy atom. The minimum Gasteiger partial charge on any atom is -0.285 e. The molecule has 2 unspecified atom stereocenters. The van der Waals surface area contributed by atoms with Gasteiger partial charge in [0.25, 0.3) is 20.2 Å². The van der Waals surface area contributed by atoms with Gasteiger partial charge in [0.05, 0.1) is 0 Å². The summed E-state index contributed by atoms with van der Waals surface area (Å²) < 4.78 is 59.5. The van der Waals surface area contributed by atoms with E-state index in [4.69, 9.17) is 9.11 Å². The molecule has 0 radical (unpaired) electrons. The summed E-state index contributed by atoms with van der Waals surface area (Å²) in [6, 6.07) is 0. The quantitative estimate of drug-likeness (QED) is 0.657. The first-order chi connectivity index (χ1) is 5.60. The highest BCUT2D eigenvalue weighted by atomic mass is 32.2. The fraction of sp³-hybridized carbons (Fsp3) is 1.00. The van der Waals surface area contributed by atoms with Crippen molar-refractivity contribution < 1.29 is 25.9 Å². The number of rotatable bonds is 4. The molecule has 0 bridgehead atoms. The molecule has 0 heterocycles. The Balaban J connectivity index is 5.05. The minimum atomic E-state index is -4.44. The van der Waals surface area contributed by atoms with E-state index >= 15 is 0 Å². The second-order valence-electron chi connectivity index (χ2n) is 2.68. The van der Waals surface area contributed by atoms with Crippen molar-refractivity contribution in [2.24, 2.45) is 0 Å². The standard InChI is InChI=1S/C5H12O6S2/c1-3-5(13(9,10)11)4(2)12(6,7)8/h4-5H,3H2,1-2H3,(H,6,7,8)(H,9,10,11). The lowest BCUT2D eigenvalue weighted by Crippen LogP contribution is -2.36. The third-order valence-corrected chi connectivity index (χ3v) is 4.73. The van der Waals surface area contributed by atoms with Crippen LogP contribution in [0.2, 0.25) is 0 Å². The molecule has 80 valence electrons. The molecule has 8 heteroatoms. The Bertz CT molecular complexity index is 352. The largest absolute Gasteiger partial charge is 0.285 e. The molecule has 0 aromatic rings. The predicted octanol–water partition coefficient (Wildman–Crippen LogP) is -0.0709. The average molecular weight is 232 g/mol. The molecular formula is C5H12O6S2. The SMILES string of the molecule is CCC(C(C)S(=O)(=O)O)S(=O)(=O)O. The molecular weight excluding hydrogens is 220 g/mol. The van der Waals surface area contributed by atoms with E-state index < -0.39 is 30.7 Å². The van der Waals surface area contributed by atoms with Crippen LogP contribution in [-0.4, -0.2) is 36.4 Å². The van der Waals surface area contributed by atoms with E-state index in [0.717, 1.165) is 6.92 Å². The fourth-order valence-electron chi connectivity index (χ4n) is 0.977. The van der Waals surface area contributed by atoms with Crippen LogP contribution in [0.25, 0.3) is 0 Å². The normalized spacial score (nSPS) is 18.2. The molecule has 0 aromatic heterocycles. The van der Waals surface area contributed by atoms with Crippen LogP contribution in [0.5, 0.6) is 0 Å². The molecule has 0 aliphatic heterocycles. The molecule has 2 atom stereocenters. The van der Waals surface area contributed by atoms with Crippen LogP contribution >= 0.6 is 0 Å². The van der Waals surface area contributed by atoms with Crippen LogP contribution in [0.15, 0.2) is 0 Å². The molecule has 13 heavy (non-hydrogen) atoms. The third kappa shape index (κ3) is 3.59. The first-order valence-corrected chi connectivity index (χ1v) is 6.54. The van der Waals surface area contributed by atoms with Gasteiger partial charge in [-0.2, -0.15) is 16.8 Å². The summed E-state index contributed by atoms with van der Waals surface area (Å²) in [5, 5.41) is -3.00. The second-order valence-corrected chi connectivity index (χ2v) is 6.09. The maximum Gasteiger partial charge on any atom is 0.269 e. The molecule has 0 saturated heterocycles. The van der Waals surface area contributed by atoms with E-state index in [9.17, 15) is 16.8 Å². The van der Waals surface area contributed by atoms with Gasteiger partial charge >= 0.3 is 0 Å². The Hall–Kier alpha value is -0.180. The molecule has 0 aromatic carbocycles. The van der Waals surface area contributed by atoms with Gasteiger partial charge in [-0.3, -0.25) is 9.11 Å². The summed E-state index contributed by atoms with van der Waals surface area (Å²) in [4.78, 5) is 0. The zero-order chi connectivity index (χ0) is 10.9. The van der Waals surface area contributed by atoms with Gasteiger partial charge in [-0.15, -0.1) is 0 Å². The first-order valence-electron chi connectivity index (χ1n) is 3.53. The molecule has 0 spiro atoms. The zero-order valence-corrected chi connectivity index (χ0v) is 8.84. The summed E-state index contributed by atoms with van der Waals surface area (Å²) in [5.74, 6) is 0. The molecule has 0 fully saturated rings. The summed E-state index contributed by atoms with van der Waals surface area (Å²) in [6.45, 7) is 2.43. The van der Waals surface area contributed by atoms with Crippen LogP contribution < -0.4 is 0 Å². The van der Waals surface area contributed by atoms with Gasteiger partial charge in [0, 0.05) is 0 Å². The maximum atomic E-state index is 10.6. The van der Waals surface area contributed by atoms with Crippen LogP contribution in [-0.2, 0) is 20.2 Å². The van der Waals surface area contributed by atoms with E-state index in [1.807, 2.05) is 0 Å². The van der Waals surface area contributed by atoms with Gasteiger partial charge in [-0.25, -0.2) is 0 Å². The summed E-state index contributed by atoms with van der Waals surface area (Å²) >= 11 is 0.